The van der Waals surface area contributed by atoms with Gasteiger partial charge in [-0.2, -0.15) is 0 Å². The molecule has 4 rings (SSSR count). The highest BCUT2D eigenvalue weighted by Crippen LogP contribution is 2.32. The van der Waals surface area contributed by atoms with Crippen molar-refractivity contribution in [3.63, 3.8) is 0 Å². The van der Waals surface area contributed by atoms with Gasteiger partial charge in [0.05, 0.1) is 7.11 Å². The number of benzene rings is 1. The van der Waals surface area contributed by atoms with Gasteiger partial charge in [-0.1, -0.05) is 18.9 Å². The lowest BCUT2D eigenvalue weighted by Crippen LogP contribution is -2.22. The van der Waals surface area contributed by atoms with E-state index in [1.165, 1.54) is 49.7 Å². The van der Waals surface area contributed by atoms with Gasteiger partial charge in [0.15, 0.2) is 0 Å². The zero-order chi connectivity index (χ0) is 17.1. The van der Waals surface area contributed by atoms with E-state index in [0.29, 0.717) is 12.0 Å². The molecule has 1 fully saturated rings. The molecule has 1 heterocycles. The molecule has 2 aliphatic carbocycles. The van der Waals surface area contributed by atoms with Crippen molar-refractivity contribution in [2.45, 2.75) is 63.3 Å². The molecule has 0 spiro atoms. The third kappa shape index (κ3) is 3.78. The molecule has 0 saturated heterocycles. The lowest BCUT2D eigenvalue weighted by atomic mass is 10.0. The van der Waals surface area contributed by atoms with Gasteiger partial charge >= 0.3 is 0 Å². The van der Waals surface area contributed by atoms with Gasteiger partial charge in [0.25, 0.3) is 0 Å². The number of rotatable bonds is 4. The molecule has 4 heteroatoms. The minimum atomic E-state index is 0.416. The fourth-order valence-corrected chi connectivity index (χ4v) is 4.24. The standard InChI is InChI=1S/C21H27N3O/c1-25-19-10-9-15-7-4-8-18(13-17(15)14-19)23-20-11-12-22-21(24-20)16-5-2-3-6-16/h9-12,14,16,18H,2-8,13H2,1H3,(H,22,23,24). The Labute approximate surface area is 150 Å². The normalized spacial score (nSPS) is 20.8. The van der Waals surface area contributed by atoms with E-state index in [0.717, 1.165) is 30.2 Å². The van der Waals surface area contributed by atoms with Crippen molar-refractivity contribution < 1.29 is 4.74 Å². The summed E-state index contributed by atoms with van der Waals surface area (Å²) >= 11 is 0. The molecule has 25 heavy (non-hydrogen) atoms. The van der Waals surface area contributed by atoms with E-state index >= 15 is 0 Å². The third-order valence-corrected chi connectivity index (χ3v) is 5.62. The summed E-state index contributed by atoms with van der Waals surface area (Å²) < 4.78 is 5.41. The third-order valence-electron chi connectivity index (χ3n) is 5.62. The molecule has 2 aliphatic rings. The van der Waals surface area contributed by atoms with Gasteiger partial charge < -0.3 is 10.1 Å². The Bertz CT molecular complexity index is 725. The minimum Gasteiger partial charge on any atom is -0.497 e. The van der Waals surface area contributed by atoms with E-state index in [1.807, 2.05) is 12.3 Å². The van der Waals surface area contributed by atoms with Gasteiger partial charge in [-0.15, -0.1) is 0 Å². The average Bonchev–Trinajstić information content (AvgIpc) is 3.10. The van der Waals surface area contributed by atoms with Crippen molar-refractivity contribution in [2.75, 3.05) is 12.4 Å². The van der Waals surface area contributed by atoms with E-state index in [1.54, 1.807) is 7.11 Å². The van der Waals surface area contributed by atoms with Crippen LogP contribution in [0.2, 0.25) is 0 Å². The molecule has 0 amide bonds. The maximum absolute atomic E-state index is 5.41. The van der Waals surface area contributed by atoms with Gasteiger partial charge in [-0.3, -0.25) is 0 Å². The van der Waals surface area contributed by atoms with Crippen molar-refractivity contribution in [2.24, 2.45) is 0 Å². The smallest absolute Gasteiger partial charge is 0.133 e. The first-order valence-corrected chi connectivity index (χ1v) is 9.57. The van der Waals surface area contributed by atoms with Crippen LogP contribution >= 0.6 is 0 Å². The number of anilines is 1. The van der Waals surface area contributed by atoms with Crippen LogP contribution in [-0.2, 0) is 12.8 Å². The van der Waals surface area contributed by atoms with Crippen LogP contribution in [-0.4, -0.2) is 23.1 Å². The number of hydrogen-bond acceptors (Lipinski definition) is 4. The first kappa shape index (κ1) is 16.4. The van der Waals surface area contributed by atoms with Crippen molar-refractivity contribution in [3.8, 4) is 5.75 Å². The Morgan fingerprint density at radius 1 is 1.04 bits per heavy atom. The van der Waals surface area contributed by atoms with Crippen molar-refractivity contribution >= 4 is 5.82 Å². The predicted molar refractivity (Wildman–Crippen MR) is 100 cm³/mol. The van der Waals surface area contributed by atoms with Crippen LogP contribution in [0.1, 0.15) is 61.4 Å². The van der Waals surface area contributed by atoms with E-state index in [-0.39, 0.29) is 0 Å². The second-order valence-corrected chi connectivity index (χ2v) is 7.35. The van der Waals surface area contributed by atoms with Gasteiger partial charge in [0, 0.05) is 18.2 Å². The van der Waals surface area contributed by atoms with Gasteiger partial charge in [-0.05, 0) is 67.9 Å². The number of aromatic nitrogens is 2. The van der Waals surface area contributed by atoms with Crippen LogP contribution in [0.15, 0.2) is 30.5 Å². The molecule has 2 aromatic rings. The minimum absolute atomic E-state index is 0.416. The average molecular weight is 337 g/mol. The van der Waals surface area contributed by atoms with Crippen LogP contribution in [0.4, 0.5) is 5.82 Å². The van der Waals surface area contributed by atoms with E-state index in [9.17, 15) is 0 Å². The summed E-state index contributed by atoms with van der Waals surface area (Å²) in [5.74, 6) is 3.51. The summed E-state index contributed by atoms with van der Waals surface area (Å²) in [4.78, 5) is 9.35. The first-order valence-electron chi connectivity index (χ1n) is 9.57. The number of hydrogen-bond donors (Lipinski definition) is 1. The predicted octanol–water partition coefficient (Wildman–Crippen LogP) is 4.50. The fourth-order valence-electron chi connectivity index (χ4n) is 4.24. The highest BCUT2D eigenvalue weighted by Gasteiger charge is 2.21. The van der Waals surface area contributed by atoms with Crippen LogP contribution < -0.4 is 10.1 Å². The van der Waals surface area contributed by atoms with E-state index in [4.69, 9.17) is 9.72 Å². The van der Waals surface area contributed by atoms with Gasteiger partial charge in [-0.25, -0.2) is 9.97 Å². The summed E-state index contributed by atoms with van der Waals surface area (Å²) in [6.07, 6.45) is 11.6. The molecule has 1 aromatic heterocycles. The highest BCUT2D eigenvalue weighted by molar-refractivity contribution is 5.40. The highest BCUT2D eigenvalue weighted by atomic mass is 16.5. The second kappa shape index (κ2) is 7.42. The Morgan fingerprint density at radius 3 is 2.76 bits per heavy atom. The second-order valence-electron chi connectivity index (χ2n) is 7.35. The van der Waals surface area contributed by atoms with Crippen molar-refractivity contribution in [3.05, 3.63) is 47.4 Å². The summed E-state index contributed by atoms with van der Waals surface area (Å²) in [7, 11) is 1.74. The quantitative estimate of drug-likeness (QED) is 0.834. The SMILES string of the molecule is COc1ccc2c(c1)CC(Nc1ccnc(C3CCCC3)n1)CCC2. The molecule has 0 bridgehead atoms. The molecule has 0 radical (unpaired) electrons. The molecule has 1 saturated carbocycles. The number of methoxy groups -OCH3 is 1. The maximum atomic E-state index is 5.41. The van der Waals surface area contributed by atoms with E-state index < -0.39 is 0 Å². The van der Waals surface area contributed by atoms with Crippen molar-refractivity contribution in [1.29, 1.82) is 0 Å². The molecule has 1 atom stereocenters. The number of fused-ring (bicyclic) bond motifs is 1. The Kier molecular flexibility index (Phi) is 4.86. The van der Waals surface area contributed by atoms with Gasteiger partial charge in [0.1, 0.15) is 17.4 Å². The summed E-state index contributed by atoms with van der Waals surface area (Å²) in [5.41, 5.74) is 2.86. The Morgan fingerprint density at radius 2 is 1.92 bits per heavy atom. The molecule has 0 aliphatic heterocycles. The zero-order valence-corrected chi connectivity index (χ0v) is 15.0. The van der Waals surface area contributed by atoms with Crippen molar-refractivity contribution in [1.82, 2.24) is 9.97 Å². The molecular weight excluding hydrogens is 310 g/mol. The molecule has 1 unspecified atom stereocenters. The molecule has 1 aromatic carbocycles. The van der Waals surface area contributed by atoms with E-state index in [2.05, 4.69) is 28.5 Å². The molecule has 132 valence electrons. The van der Waals surface area contributed by atoms with Crippen LogP contribution in [0.25, 0.3) is 0 Å². The summed E-state index contributed by atoms with van der Waals surface area (Å²) in [6.45, 7) is 0. The fraction of sp³-hybridized carbons (Fsp3) is 0.524. The van der Waals surface area contributed by atoms with Gasteiger partial charge in [0.2, 0.25) is 0 Å². The maximum Gasteiger partial charge on any atom is 0.133 e. The van der Waals surface area contributed by atoms with Crippen LogP contribution in [0.5, 0.6) is 5.75 Å². The lowest BCUT2D eigenvalue weighted by Gasteiger charge is -2.19. The number of aryl methyl sites for hydroxylation is 1. The molecule has 1 N–H and O–H groups in total. The largest absolute Gasteiger partial charge is 0.497 e. The number of nitrogens with one attached hydrogen (secondary N) is 1. The summed E-state index contributed by atoms with van der Waals surface area (Å²) in [5, 5.41) is 3.67. The molecule has 4 nitrogen and oxygen atoms in total. The number of ether oxygens (including phenoxy) is 1. The Hall–Kier alpha value is -2.10. The topological polar surface area (TPSA) is 47.0 Å². The zero-order valence-electron chi connectivity index (χ0n) is 15.0. The lowest BCUT2D eigenvalue weighted by molar-refractivity contribution is 0.414. The van der Waals surface area contributed by atoms with Crippen LogP contribution in [0, 0.1) is 0 Å². The Balaban J connectivity index is 1.49. The summed E-state index contributed by atoms with van der Waals surface area (Å²) in [6, 6.07) is 8.92. The monoisotopic (exact) mass is 337 g/mol. The number of nitrogens with zero attached hydrogens (tertiary/aromatic N) is 2. The molecular formula is C21H27N3O. The van der Waals surface area contributed by atoms with Crippen LogP contribution in [0.3, 0.4) is 0 Å². The first-order chi connectivity index (χ1) is 12.3.